The van der Waals surface area contributed by atoms with Crippen LogP contribution in [0.2, 0.25) is 0 Å². The molecule has 9 atom stereocenters. The summed E-state index contributed by atoms with van der Waals surface area (Å²) in [5.41, 5.74) is 0.353. The molecule has 0 saturated carbocycles. The molecule has 4 aliphatic heterocycles. The molecule has 246 valence electrons. The summed E-state index contributed by atoms with van der Waals surface area (Å²) in [4.78, 5) is 38.4. The Balaban J connectivity index is 1.22. The van der Waals surface area contributed by atoms with E-state index < -0.39 is 23.9 Å². The number of nitrogens with zero attached hydrogens (tertiary/aromatic N) is 1. The Morgan fingerprint density at radius 3 is 2.55 bits per heavy atom. The van der Waals surface area contributed by atoms with Gasteiger partial charge in [0.2, 0.25) is 5.91 Å². The first kappa shape index (κ1) is 34.1. The molecule has 0 radical (unpaired) electrons. The smallest absolute Gasteiger partial charge is 0.410 e. The van der Waals surface area contributed by atoms with Crippen molar-refractivity contribution in [3.63, 3.8) is 0 Å². The van der Waals surface area contributed by atoms with Gasteiger partial charge in [-0.25, -0.2) is 4.79 Å². The van der Waals surface area contributed by atoms with Crippen LogP contribution in [0.3, 0.4) is 0 Å². The van der Waals surface area contributed by atoms with E-state index in [1.54, 1.807) is 17.9 Å². The van der Waals surface area contributed by atoms with Crippen molar-refractivity contribution in [2.75, 3.05) is 26.8 Å². The molecule has 0 aromatic rings. The van der Waals surface area contributed by atoms with E-state index in [0.717, 1.165) is 44.3 Å². The molecule has 4 saturated heterocycles. The molecule has 1 spiro atoms. The Kier molecular flexibility index (Phi) is 12.0. The fraction of sp³-hybridized carbons (Fsp3) is 0.727. The van der Waals surface area contributed by atoms with E-state index in [1.807, 2.05) is 26.0 Å². The van der Waals surface area contributed by atoms with Crippen LogP contribution in [0, 0.1) is 5.92 Å². The zero-order valence-corrected chi connectivity index (χ0v) is 26.7. The van der Waals surface area contributed by atoms with Crippen molar-refractivity contribution >= 4 is 18.0 Å². The predicted octanol–water partition coefficient (Wildman–Crippen LogP) is 3.60. The number of piperidine rings is 1. The molecule has 4 rings (SSSR count). The maximum atomic E-state index is 12.6. The summed E-state index contributed by atoms with van der Waals surface area (Å²) >= 11 is 0. The van der Waals surface area contributed by atoms with Crippen LogP contribution in [0.4, 0.5) is 4.79 Å². The number of aliphatic hydroxyl groups excluding tert-OH is 1. The number of aliphatic hydroxyl groups is 1. The molecule has 2 amide bonds. The van der Waals surface area contributed by atoms with Crippen molar-refractivity contribution < 1.29 is 43.2 Å². The number of carbonyl (C=O) groups is 3. The number of hydrogen-bond donors (Lipinski definition) is 2. The molecule has 0 aliphatic carbocycles. The van der Waals surface area contributed by atoms with E-state index in [1.165, 1.54) is 13.2 Å². The fourth-order valence-electron chi connectivity index (χ4n) is 6.20. The second-order valence-electron chi connectivity index (χ2n) is 12.8. The van der Waals surface area contributed by atoms with Gasteiger partial charge in [0.25, 0.3) is 0 Å². The lowest BCUT2D eigenvalue weighted by Crippen LogP contribution is -2.50. The SMILES string of the molecule is COC(=O)C[C@@H]1C[C@@]2(CO2)[C@H](O)[C@@H](/C=C/C(C)=C/C[C@@H]2O[C@H](C)[C@H](NC(=O)/C=C\[C@H](C)OC(=O)N3CCCCC3)C[C@H]2C)O1. The predicted molar refractivity (Wildman–Crippen MR) is 163 cm³/mol. The summed E-state index contributed by atoms with van der Waals surface area (Å²) in [6, 6.07) is -0.130. The van der Waals surface area contributed by atoms with Gasteiger partial charge in [0, 0.05) is 25.6 Å². The molecule has 44 heavy (non-hydrogen) atoms. The second kappa shape index (κ2) is 15.5. The number of esters is 1. The van der Waals surface area contributed by atoms with Gasteiger partial charge >= 0.3 is 12.1 Å². The minimum Gasteiger partial charge on any atom is -0.469 e. The number of nitrogens with one attached hydrogen (secondary N) is 1. The number of carbonyl (C=O) groups excluding carboxylic acids is 3. The molecular formula is C33H50N2O9. The Morgan fingerprint density at radius 2 is 1.86 bits per heavy atom. The summed E-state index contributed by atoms with van der Waals surface area (Å²) in [7, 11) is 1.35. The van der Waals surface area contributed by atoms with Gasteiger partial charge in [-0.05, 0) is 64.9 Å². The van der Waals surface area contributed by atoms with Gasteiger partial charge in [-0.3, -0.25) is 9.59 Å². The number of methoxy groups -OCH3 is 1. The van der Waals surface area contributed by atoms with Gasteiger partial charge < -0.3 is 39.0 Å². The van der Waals surface area contributed by atoms with Gasteiger partial charge in [0.15, 0.2) is 0 Å². The highest BCUT2D eigenvalue weighted by molar-refractivity contribution is 5.87. The average Bonchev–Trinajstić information content (AvgIpc) is 3.78. The molecule has 2 N–H and O–H groups in total. The van der Waals surface area contributed by atoms with Crippen molar-refractivity contribution in [1.29, 1.82) is 0 Å². The molecule has 0 unspecified atom stereocenters. The van der Waals surface area contributed by atoms with Gasteiger partial charge in [-0.2, -0.15) is 0 Å². The van der Waals surface area contributed by atoms with E-state index >= 15 is 0 Å². The standard InChI is InChI=1S/C33H50N2O9/c1-21(10-13-28-31(38)33(20-41-33)19-25(44-28)18-30(37)40-5)9-12-27-22(2)17-26(24(4)43-27)34-29(36)14-11-23(3)42-32(39)35-15-7-6-8-16-35/h9-11,13-14,22-28,31,38H,6-8,12,15-20H2,1-5H3,(H,34,36)/b13-10+,14-11-,21-9+/t22-,23+,24-,25-,26-,27+,28-,31-,33-/m1/s1. The first-order valence-electron chi connectivity index (χ1n) is 16.0. The zero-order valence-electron chi connectivity index (χ0n) is 26.7. The molecule has 11 heteroatoms. The Hall–Kier alpha value is -2.73. The average molecular weight is 619 g/mol. The Bertz CT molecular complexity index is 1090. The van der Waals surface area contributed by atoms with Crippen molar-refractivity contribution in [3.05, 3.63) is 36.0 Å². The van der Waals surface area contributed by atoms with Crippen LogP contribution < -0.4 is 5.32 Å². The molecule has 4 aliphatic rings. The van der Waals surface area contributed by atoms with Gasteiger partial charge in [0.1, 0.15) is 23.9 Å². The van der Waals surface area contributed by atoms with E-state index in [2.05, 4.69) is 18.3 Å². The minimum atomic E-state index is -0.803. The van der Waals surface area contributed by atoms with Gasteiger partial charge in [-0.1, -0.05) is 30.7 Å². The van der Waals surface area contributed by atoms with Crippen LogP contribution in [-0.2, 0) is 33.3 Å². The first-order valence-corrected chi connectivity index (χ1v) is 16.0. The van der Waals surface area contributed by atoms with Gasteiger partial charge in [-0.15, -0.1) is 0 Å². The maximum Gasteiger partial charge on any atom is 0.410 e. The summed E-state index contributed by atoms with van der Waals surface area (Å²) in [5.74, 6) is -0.375. The molecule has 11 nitrogen and oxygen atoms in total. The molecule has 0 bridgehead atoms. The zero-order chi connectivity index (χ0) is 31.9. The second-order valence-corrected chi connectivity index (χ2v) is 12.8. The highest BCUT2D eigenvalue weighted by atomic mass is 16.6. The molecular weight excluding hydrogens is 568 g/mol. The third-order valence-corrected chi connectivity index (χ3v) is 9.09. The van der Waals surface area contributed by atoms with Crippen LogP contribution in [0.5, 0.6) is 0 Å². The number of epoxide rings is 1. The van der Waals surface area contributed by atoms with E-state index in [0.29, 0.717) is 19.4 Å². The number of rotatable bonds is 10. The number of hydrogen-bond acceptors (Lipinski definition) is 9. The maximum absolute atomic E-state index is 12.6. The molecule has 4 fully saturated rings. The van der Waals surface area contributed by atoms with Crippen molar-refractivity contribution in [3.8, 4) is 0 Å². The minimum absolute atomic E-state index is 0.00430. The third-order valence-electron chi connectivity index (χ3n) is 9.09. The monoisotopic (exact) mass is 618 g/mol. The summed E-state index contributed by atoms with van der Waals surface area (Å²) in [6.07, 6.45) is 11.3. The summed E-state index contributed by atoms with van der Waals surface area (Å²) in [6.45, 7) is 9.71. The van der Waals surface area contributed by atoms with Crippen LogP contribution in [0.25, 0.3) is 0 Å². The quantitative estimate of drug-likeness (QED) is 0.163. The van der Waals surface area contributed by atoms with Crippen LogP contribution in [0.15, 0.2) is 36.0 Å². The number of ether oxygens (including phenoxy) is 5. The third kappa shape index (κ3) is 9.39. The van der Waals surface area contributed by atoms with Crippen LogP contribution in [-0.4, -0.2) is 103 Å². The summed E-state index contributed by atoms with van der Waals surface area (Å²) in [5, 5.41) is 13.8. The largest absolute Gasteiger partial charge is 0.469 e. The van der Waals surface area contributed by atoms with E-state index in [-0.39, 0.29) is 54.7 Å². The van der Waals surface area contributed by atoms with Crippen LogP contribution >= 0.6 is 0 Å². The molecule has 0 aromatic carbocycles. The molecule has 0 aromatic heterocycles. The number of likely N-dealkylation sites (tertiary alicyclic amines) is 1. The van der Waals surface area contributed by atoms with Crippen LogP contribution in [0.1, 0.15) is 72.6 Å². The first-order chi connectivity index (χ1) is 21.0. The Morgan fingerprint density at radius 1 is 1.14 bits per heavy atom. The van der Waals surface area contributed by atoms with Crippen molar-refractivity contribution in [1.82, 2.24) is 10.2 Å². The topological polar surface area (TPSA) is 136 Å². The van der Waals surface area contributed by atoms with E-state index in [9.17, 15) is 19.5 Å². The highest BCUT2D eigenvalue weighted by Gasteiger charge is 2.58. The van der Waals surface area contributed by atoms with Crippen molar-refractivity contribution in [2.45, 2.75) is 121 Å². The number of amides is 2. The summed E-state index contributed by atoms with van der Waals surface area (Å²) < 4.78 is 28.1. The Labute approximate surface area is 260 Å². The normalized spacial score (nSPS) is 35.1. The molecule has 4 heterocycles. The fourth-order valence-corrected chi connectivity index (χ4v) is 6.20. The lowest BCUT2D eigenvalue weighted by Gasteiger charge is -2.39. The number of allylic oxidation sites excluding steroid dienone is 2. The lowest BCUT2D eigenvalue weighted by atomic mass is 9.87. The highest BCUT2D eigenvalue weighted by Crippen LogP contribution is 2.43. The lowest BCUT2D eigenvalue weighted by molar-refractivity contribution is -0.157. The van der Waals surface area contributed by atoms with Gasteiger partial charge in [0.05, 0.1) is 44.5 Å². The van der Waals surface area contributed by atoms with Crippen molar-refractivity contribution in [2.24, 2.45) is 5.92 Å². The van der Waals surface area contributed by atoms with E-state index in [4.69, 9.17) is 23.7 Å².